The molecule has 1 aliphatic rings. The second kappa shape index (κ2) is 9.14. The number of guanidine groups is 1. The van der Waals surface area contributed by atoms with Gasteiger partial charge in [0.25, 0.3) is 0 Å². The molecular weight excluding hydrogens is 424 g/mol. The fourth-order valence-electron chi connectivity index (χ4n) is 1.66. The van der Waals surface area contributed by atoms with Crippen molar-refractivity contribution in [3.8, 4) is 5.88 Å². The molecule has 0 aliphatic heterocycles. The maximum atomic E-state index is 12.0. The highest BCUT2D eigenvalue weighted by Crippen LogP contribution is 2.19. The lowest BCUT2D eigenvalue weighted by Crippen LogP contribution is -2.38. The molecule has 1 aliphatic carbocycles. The summed E-state index contributed by atoms with van der Waals surface area (Å²) in [4.78, 5) is 8.26. The summed E-state index contributed by atoms with van der Waals surface area (Å²) in [6.07, 6.45) is -0.593. The number of nitrogens with zero attached hydrogens (tertiary/aromatic N) is 2. The van der Waals surface area contributed by atoms with Gasteiger partial charge in [0.1, 0.15) is 0 Å². The molecule has 0 saturated heterocycles. The smallest absolute Gasteiger partial charge is 0.422 e. The van der Waals surface area contributed by atoms with Crippen LogP contribution in [0.25, 0.3) is 0 Å². The maximum Gasteiger partial charge on any atom is 0.422 e. The largest absolute Gasteiger partial charge is 0.468 e. The number of ether oxygens (including phenoxy) is 1. The molecule has 2 rings (SSSR count). The van der Waals surface area contributed by atoms with Crippen molar-refractivity contribution in [3.05, 3.63) is 23.9 Å². The zero-order valence-electron chi connectivity index (χ0n) is 12.7. The number of aliphatic imine (C=N–C) groups is 1. The summed E-state index contributed by atoms with van der Waals surface area (Å²) >= 11 is 0. The molecule has 9 heteroatoms. The van der Waals surface area contributed by atoms with Gasteiger partial charge in [-0.1, -0.05) is 6.07 Å². The van der Waals surface area contributed by atoms with Gasteiger partial charge >= 0.3 is 6.18 Å². The Morgan fingerprint density at radius 1 is 1.39 bits per heavy atom. The van der Waals surface area contributed by atoms with Crippen molar-refractivity contribution in [1.29, 1.82) is 0 Å². The van der Waals surface area contributed by atoms with E-state index in [1.54, 1.807) is 6.07 Å². The van der Waals surface area contributed by atoms with E-state index in [9.17, 15) is 13.2 Å². The number of aromatic nitrogens is 1. The minimum absolute atomic E-state index is 0. The van der Waals surface area contributed by atoms with Gasteiger partial charge in [-0.05, 0) is 25.3 Å². The van der Waals surface area contributed by atoms with Crippen molar-refractivity contribution in [2.45, 2.75) is 38.5 Å². The predicted molar refractivity (Wildman–Crippen MR) is 92.2 cm³/mol. The highest BCUT2D eigenvalue weighted by molar-refractivity contribution is 14.0. The minimum atomic E-state index is -4.36. The van der Waals surface area contributed by atoms with Gasteiger partial charge < -0.3 is 15.4 Å². The molecule has 1 saturated carbocycles. The number of nitrogens with one attached hydrogen (secondary N) is 2. The van der Waals surface area contributed by atoms with Gasteiger partial charge in [-0.3, -0.25) is 0 Å². The first-order valence-corrected chi connectivity index (χ1v) is 7.15. The Hall–Kier alpha value is -1.26. The van der Waals surface area contributed by atoms with Crippen molar-refractivity contribution in [3.63, 3.8) is 0 Å². The summed E-state index contributed by atoms with van der Waals surface area (Å²) in [5, 5.41) is 6.42. The normalized spacial score (nSPS) is 14.9. The molecule has 23 heavy (non-hydrogen) atoms. The monoisotopic (exact) mass is 444 g/mol. The van der Waals surface area contributed by atoms with Crippen LogP contribution in [0.4, 0.5) is 13.2 Å². The van der Waals surface area contributed by atoms with E-state index in [0.717, 1.165) is 30.9 Å². The van der Waals surface area contributed by atoms with Crippen LogP contribution >= 0.6 is 24.0 Å². The summed E-state index contributed by atoms with van der Waals surface area (Å²) in [6, 6.07) is 3.56. The lowest BCUT2D eigenvalue weighted by atomic mass is 10.3. The van der Waals surface area contributed by atoms with E-state index in [1.807, 2.05) is 6.92 Å². The molecule has 0 atom stereocenters. The minimum Gasteiger partial charge on any atom is -0.468 e. The molecule has 2 N–H and O–H groups in total. The molecule has 1 aromatic rings. The first-order valence-electron chi connectivity index (χ1n) is 7.15. The zero-order valence-corrected chi connectivity index (χ0v) is 15.0. The van der Waals surface area contributed by atoms with Gasteiger partial charge in [0.05, 0.1) is 6.54 Å². The van der Waals surface area contributed by atoms with E-state index < -0.39 is 12.8 Å². The summed E-state index contributed by atoms with van der Waals surface area (Å²) in [7, 11) is 0. The average molecular weight is 444 g/mol. The van der Waals surface area contributed by atoms with Crippen LogP contribution in [0.3, 0.4) is 0 Å². The van der Waals surface area contributed by atoms with Crippen LogP contribution in [0, 0.1) is 0 Å². The first-order chi connectivity index (χ1) is 10.5. The Bertz CT molecular complexity index is 504. The van der Waals surface area contributed by atoms with Crippen LogP contribution in [-0.2, 0) is 6.54 Å². The van der Waals surface area contributed by atoms with E-state index in [-0.39, 0.29) is 29.9 Å². The Morgan fingerprint density at radius 3 is 2.65 bits per heavy atom. The average Bonchev–Trinajstić information content (AvgIpc) is 3.27. The lowest BCUT2D eigenvalue weighted by Gasteiger charge is -2.10. The summed E-state index contributed by atoms with van der Waals surface area (Å²) in [5.41, 5.74) is 0.798. The molecule has 1 heterocycles. The van der Waals surface area contributed by atoms with Crippen molar-refractivity contribution in [1.82, 2.24) is 15.6 Å². The van der Waals surface area contributed by atoms with Crippen LogP contribution in [0.2, 0.25) is 0 Å². The van der Waals surface area contributed by atoms with Gasteiger partial charge in [0, 0.05) is 24.8 Å². The topological polar surface area (TPSA) is 58.5 Å². The van der Waals surface area contributed by atoms with Crippen LogP contribution in [0.5, 0.6) is 5.88 Å². The van der Waals surface area contributed by atoms with Crippen LogP contribution in [-0.4, -0.2) is 36.3 Å². The Balaban J connectivity index is 0.00000264. The first kappa shape index (κ1) is 19.8. The standard InChI is InChI=1S/C14H19F3N4O.HI/c1-2-18-13(21-11-4-5-11)20-8-10-3-6-12(19-7-10)22-9-14(15,16)17;/h3,6-7,11H,2,4-5,8-9H2,1H3,(H2,18,20,21);1H. The quantitative estimate of drug-likeness (QED) is 0.403. The Morgan fingerprint density at radius 2 is 2.13 bits per heavy atom. The Labute approximate surface area is 150 Å². The van der Waals surface area contributed by atoms with E-state index in [2.05, 4.69) is 25.3 Å². The highest BCUT2D eigenvalue weighted by atomic mass is 127. The van der Waals surface area contributed by atoms with Crippen molar-refractivity contribution >= 4 is 29.9 Å². The Kier molecular flexibility index (Phi) is 7.86. The van der Waals surface area contributed by atoms with E-state index in [0.29, 0.717) is 12.6 Å². The maximum absolute atomic E-state index is 12.0. The molecule has 0 unspecified atom stereocenters. The third-order valence-corrected chi connectivity index (χ3v) is 2.86. The van der Waals surface area contributed by atoms with E-state index in [1.165, 1.54) is 12.3 Å². The summed E-state index contributed by atoms with van der Waals surface area (Å²) < 4.78 is 40.6. The molecule has 0 amide bonds. The van der Waals surface area contributed by atoms with E-state index in [4.69, 9.17) is 0 Å². The number of hydrogen-bond acceptors (Lipinski definition) is 3. The predicted octanol–water partition coefficient (Wildman–Crippen LogP) is 2.86. The lowest BCUT2D eigenvalue weighted by molar-refractivity contribution is -0.154. The number of halogens is 4. The van der Waals surface area contributed by atoms with E-state index >= 15 is 0 Å². The number of pyridine rings is 1. The molecule has 0 spiro atoms. The van der Waals surface area contributed by atoms with Gasteiger partial charge in [-0.2, -0.15) is 13.2 Å². The number of hydrogen-bond donors (Lipinski definition) is 2. The van der Waals surface area contributed by atoms with Crippen molar-refractivity contribution in [2.24, 2.45) is 4.99 Å². The van der Waals surface area contributed by atoms with Gasteiger partial charge in [0.2, 0.25) is 5.88 Å². The second-order valence-corrected chi connectivity index (χ2v) is 5.02. The SMILES string of the molecule is CCNC(=NCc1ccc(OCC(F)(F)F)nc1)NC1CC1.I. The third-order valence-electron chi connectivity index (χ3n) is 2.86. The van der Waals surface area contributed by atoms with Crippen LogP contribution in [0.1, 0.15) is 25.3 Å². The number of alkyl halides is 3. The molecular formula is C14H20F3IN4O. The molecule has 1 aromatic heterocycles. The third kappa shape index (κ3) is 8.24. The van der Waals surface area contributed by atoms with Gasteiger partial charge in [-0.25, -0.2) is 9.98 Å². The molecule has 130 valence electrons. The van der Waals surface area contributed by atoms with Gasteiger partial charge in [-0.15, -0.1) is 24.0 Å². The molecule has 1 fully saturated rings. The molecule has 5 nitrogen and oxygen atoms in total. The summed E-state index contributed by atoms with van der Waals surface area (Å²) in [5.74, 6) is 0.690. The van der Waals surface area contributed by atoms with Crippen molar-refractivity contribution < 1.29 is 17.9 Å². The summed E-state index contributed by atoms with van der Waals surface area (Å²) in [6.45, 7) is 1.81. The second-order valence-electron chi connectivity index (χ2n) is 5.02. The molecule has 0 bridgehead atoms. The van der Waals surface area contributed by atoms with Crippen molar-refractivity contribution in [2.75, 3.05) is 13.2 Å². The molecule has 0 radical (unpaired) electrons. The van der Waals surface area contributed by atoms with Crippen LogP contribution < -0.4 is 15.4 Å². The molecule has 0 aromatic carbocycles. The van der Waals surface area contributed by atoms with Crippen LogP contribution in [0.15, 0.2) is 23.3 Å². The van der Waals surface area contributed by atoms with Gasteiger partial charge in [0.15, 0.2) is 12.6 Å². The highest BCUT2D eigenvalue weighted by Gasteiger charge is 2.28. The fourth-order valence-corrected chi connectivity index (χ4v) is 1.66. The zero-order chi connectivity index (χ0) is 16.0. The number of rotatable bonds is 6. The fraction of sp³-hybridized carbons (Fsp3) is 0.571.